The van der Waals surface area contributed by atoms with Gasteiger partial charge in [-0.3, -0.25) is 9.69 Å². The number of rotatable bonds is 4. The summed E-state index contributed by atoms with van der Waals surface area (Å²) in [6, 6.07) is 9.37. The van der Waals surface area contributed by atoms with E-state index in [1.54, 1.807) is 6.20 Å². The van der Waals surface area contributed by atoms with Gasteiger partial charge in [-0.05, 0) is 31.7 Å². The number of ether oxygens (including phenoxy) is 1. The lowest BCUT2D eigenvalue weighted by molar-refractivity contribution is -0.131. The van der Waals surface area contributed by atoms with E-state index >= 15 is 0 Å². The molecule has 3 fully saturated rings. The molecule has 5 rings (SSSR count). The number of carbonyl (C=O) groups excluding carboxylic acids is 1. The number of Topliss-reactive ketones (excluding diaryl/α,β-unsaturated/α-hetero) is 1. The van der Waals surface area contributed by atoms with E-state index in [0.717, 1.165) is 37.0 Å². The van der Waals surface area contributed by atoms with E-state index in [2.05, 4.69) is 9.47 Å². The number of carboxylic acids is 1. The summed E-state index contributed by atoms with van der Waals surface area (Å²) in [7, 11) is 0. The molecule has 6 heteroatoms. The highest BCUT2D eigenvalue weighted by Crippen LogP contribution is 2.40. The minimum absolute atomic E-state index is 0.250. The Balaban J connectivity index is 1.40. The Morgan fingerprint density at radius 3 is 2.06 bits per heavy atom. The fourth-order valence-corrected chi connectivity index (χ4v) is 6.63. The Morgan fingerprint density at radius 2 is 1.42 bits per heavy atom. The molecule has 2 bridgehead atoms. The van der Waals surface area contributed by atoms with Crippen LogP contribution >= 0.6 is 0 Å². The van der Waals surface area contributed by atoms with Crippen molar-refractivity contribution in [2.45, 2.75) is 94.8 Å². The SMILES string of the molecule is O=C(O)C(=O)c1cn(C2C[C@H]3COC[C@@H](C2)N3C2CCCCCCCCC2)c2ccccc12. The van der Waals surface area contributed by atoms with Crippen LogP contribution in [0.1, 0.15) is 87.0 Å². The first kappa shape index (κ1) is 22.6. The zero-order chi connectivity index (χ0) is 22.8. The van der Waals surface area contributed by atoms with Crippen LogP contribution in [-0.2, 0) is 9.53 Å². The van der Waals surface area contributed by atoms with Gasteiger partial charge in [0.1, 0.15) is 0 Å². The van der Waals surface area contributed by atoms with Gasteiger partial charge in [-0.1, -0.05) is 63.1 Å². The molecule has 1 aliphatic carbocycles. The lowest BCUT2D eigenvalue weighted by Crippen LogP contribution is -2.60. The number of fused-ring (bicyclic) bond motifs is 3. The molecule has 1 unspecified atom stereocenters. The van der Waals surface area contributed by atoms with Crippen molar-refractivity contribution in [3.8, 4) is 0 Å². The second-order valence-corrected chi connectivity index (χ2v) is 10.2. The Labute approximate surface area is 195 Å². The first-order chi connectivity index (χ1) is 16.1. The van der Waals surface area contributed by atoms with Gasteiger partial charge in [-0.15, -0.1) is 0 Å². The minimum Gasteiger partial charge on any atom is -0.475 e. The molecule has 178 valence electrons. The van der Waals surface area contributed by atoms with Crippen molar-refractivity contribution in [2.24, 2.45) is 0 Å². The maximum Gasteiger partial charge on any atom is 0.377 e. The molecule has 0 radical (unpaired) electrons. The number of aromatic nitrogens is 1. The van der Waals surface area contributed by atoms with E-state index in [9.17, 15) is 14.7 Å². The van der Waals surface area contributed by atoms with Crippen LogP contribution in [0.5, 0.6) is 0 Å². The topological polar surface area (TPSA) is 71.8 Å². The van der Waals surface area contributed by atoms with E-state index in [4.69, 9.17) is 4.74 Å². The minimum atomic E-state index is -1.39. The summed E-state index contributed by atoms with van der Waals surface area (Å²) in [5.41, 5.74) is 1.26. The molecule has 0 spiro atoms. The molecule has 2 saturated heterocycles. The predicted molar refractivity (Wildman–Crippen MR) is 128 cm³/mol. The second-order valence-electron chi connectivity index (χ2n) is 10.2. The number of para-hydroxylation sites is 1. The Kier molecular flexibility index (Phi) is 6.84. The first-order valence-electron chi connectivity index (χ1n) is 12.9. The van der Waals surface area contributed by atoms with Crippen molar-refractivity contribution in [3.05, 3.63) is 36.0 Å². The molecule has 33 heavy (non-hydrogen) atoms. The van der Waals surface area contributed by atoms with Crippen LogP contribution in [0, 0.1) is 0 Å². The van der Waals surface area contributed by atoms with Crippen LogP contribution in [0.3, 0.4) is 0 Å². The average Bonchev–Trinajstić information content (AvgIpc) is 3.21. The molecule has 0 amide bonds. The number of morpholine rings is 1. The third kappa shape index (κ3) is 4.60. The summed E-state index contributed by atoms with van der Waals surface area (Å²) in [5, 5.41) is 10.1. The van der Waals surface area contributed by atoms with Crippen molar-refractivity contribution in [2.75, 3.05) is 13.2 Å². The van der Waals surface area contributed by atoms with Gasteiger partial charge in [-0.2, -0.15) is 0 Å². The van der Waals surface area contributed by atoms with Crippen LogP contribution in [0.15, 0.2) is 30.5 Å². The maximum atomic E-state index is 12.4. The van der Waals surface area contributed by atoms with Gasteiger partial charge < -0.3 is 14.4 Å². The van der Waals surface area contributed by atoms with E-state index < -0.39 is 11.8 Å². The molecule has 1 aromatic carbocycles. The number of ketones is 1. The fourth-order valence-electron chi connectivity index (χ4n) is 6.63. The van der Waals surface area contributed by atoms with E-state index in [1.165, 1.54) is 57.8 Å². The van der Waals surface area contributed by atoms with Gasteiger partial charge in [0.05, 0.1) is 18.8 Å². The molecule has 6 nitrogen and oxygen atoms in total. The predicted octanol–water partition coefficient (Wildman–Crippen LogP) is 5.21. The van der Waals surface area contributed by atoms with E-state index in [-0.39, 0.29) is 6.04 Å². The molecule has 3 heterocycles. The monoisotopic (exact) mass is 452 g/mol. The largest absolute Gasteiger partial charge is 0.475 e. The van der Waals surface area contributed by atoms with Crippen LogP contribution in [-0.4, -0.2) is 57.7 Å². The number of aliphatic carboxylic acids is 1. The fraction of sp³-hybridized carbons (Fsp3) is 0.630. The van der Waals surface area contributed by atoms with Gasteiger partial charge in [0.15, 0.2) is 0 Å². The van der Waals surface area contributed by atoms with Gasteiger partial charge in [-0.25, -0.2) is 4.79 Å². The third-order valence-electron chi connectivity index (χ3n) is 8.12. The summed E-state index contributed by atoms with van der Waals surface area (Å²) in [5.74, 6) is -2.22. The van der Waals surface area contributed by atoms with Crippen LogP contribution in [0.2, 0.25) is 0 Å². The molecular formula is C27H36N2O4. The summed E-state index contributed by atoms with van der Waals surface area (Å²) in [6.45, 7) is 1.53. The zero-order valence-electron chi connectivity index (χ0n) is 19.5. The van der Waals surface area contributed by atoms with Crippen LogP contribution in [0.4, 0.5) is 0 Å². The summed E-state index contributed by atoms with van der Waals surface area (Å²) >= 11 is 0. The molecule has 1 N–H and O–H groups in total. The average molecular weight is 453 g/mol. The van der Waals surface area contributed by atoms with Gasteiger partial charge >= 0.3 is 5.97 Å². The standard InChI is InChI=1S/C27H36N2O4/c30-26(27(31)32)24-16-28(25-13-9-8-12-23(24)25)20-14-21-17-33-18-22(15-20)29(21)19-10-6-4-2-1-3-5-7-11-19/h8-9,12-13,16,19-22H,1-7,10-11,14-15,17-18H2,(H,31,32)/t20?,21-,22+. The lowest BCUT2D eigenvalue weighted by Gasteiger charge is -2.52. The van der Waals surface area contributed by atoms with Gasteiger partial charge in [0.25, 0.3) is 5.78 Å². The van der Waals surface area contributed by atoms with Crippen LogP contribution in [0.25, 0.3) is 10.9 Å². The van der Waals surface area contributed by atoms with Gasteiger partial charge in [0, 0.05) is 41.3 Å². The van der Waals surface area contributed by atoms with Crippen molar-refractivity contribution in [1.82, 2.24) is 9.47 Å². The molecule has 1 saturated carbocycles. The van der Waals surface area contributed by atoms with E-state index in [1.807, 2.05) is 24.3 Å². The normalized spacial score (nSPS) is 27.9. The Morgan fingerprint density at radius 1 is 0.818 bits per heavy atom. The maximum absolute atomic E-state index is 12.4. The number of carboxylic acid groups (broad SMARTS) is 1. The van der Waals surface area contributed by atoms with Gasteiger partial charge in [0.2, 0.25) is 0 Å². The van der Waals surface area contributed by atoms with Crippen molar-refractivity contribution in [3.63, 3.8) is 0 Å². The molecule has 3 aliphatic rings. The number of benzene rings is 1. The third-order valence-corrected chi connectivity index (χ3v) is 8.12. The Hall–Kier alpha value is -2.18. The smallest absolute Gasteiger partial charge is 0.377 e. The number of nitrogens with zero attached hydrogens (tertiary/aromatic N) is 2. The first-order valence-corrected chi connectivity index (χ1v) is 12.9. The number of carbonyl (C=O) groups is 2. The number of hydrogen-bond acceptors (Lipinski definition) is 4. The highest BCUT2D eigenvalue weighted by Gasteiger charge is 2.43. The Bertz CT molecular complexity index is 975. The number of piperidine rings is 1. The highest BCUT2D eigenvalue weighted by molar-refractivity contribution is 6.42. The lowest BCUT2D eigenvalue weighted by atomic mass is 9.85. The number of hydrogen-bond donors (Lipinski definition) is 1. The summed E-state index contributed by atoms with van der Waals surface area (Å²) in [6.07, 6.45) is 15.9. The molecule has 1 aromatic heterocycles. The van der Waals surface area contributed by atoms with Crippen LogP contribution < -0.4 is 0 Å². The second kappa shape index (κ2) is 9.98. The quantitative estimate of drug-likeness (QED) is 0.510. The van der Waals surface area contributed by atoms with Crippen molar-refractivity contribution < 1.29 is 19.4 Å². The summed E-state index contributed by atoms with van der Waals surface area (Å²) in [4.78, 5) is 26.6. The molecular weight excluding hydrogens is 416 g/mol. The zero-order valence-corrected chi connectivity index (χ0v) is 19.5. The molecule has 2 aliphatic heterocycles. The van der Waals surface area contributed by atoms with Crippen molar-refractivity contribution >= 4 is 22.7 Å². The summed E-state index contributed by atoms with van der Waals surface area (Å²) < 4.78 is 8.20. The highest BCUT2D eigenvalue weighted by atomic mass is 16.5. The van der Waals surface area contributed by atoms with E-state index in [0.29, 0.717) is 23.7 Å². The van der Waals surface area contributed by atoms with Crippen molar-refractivity contribution in [1.29, 1.82) is 0 Å². The molecule has 2 aromatic rings. The molecule has 3 atom stereocenters.